The van der Waals surface area contributed by atoms with Crippen molar-refractivity contribution in [2.75, 3.05) is 26.2 Å². The van der Waals surface area contributed by atoms with Gasteiger partial charge in [-0.3, -0.25) is 0 Å². The number of aryl methyl sites for hydroxylation is 2. The molecule has 1 heterocycles. The van der Waals surface area contributed by atoms with Gasteiger partial charge in [-0.1, -0.05) is 32.0 Å². The molecule has 1 saturated heterocycles. The Labute approximate surface area is 193 Å². The summed E-state index contributed by atoms with van der Waals surface area (Å²) in [4.78, 5) is 0.605. The van der Waals surface area contributed by atoms with Crippen molar-refractivity contribution >= 4 is 20.0 Å². The summed E-state index contributed by atoms with van der Waals surface area (Å²) in [6.07, 6.45) is 0.988. The molecule has 1 aliphatic heterocycles. The number of sulfonamides is 2. The van der Waals surface area contributed by atoms with Gasteiger partial charge in [-0.25, -0.2) is 16.8 Å². The van der Waals surface area contributed by atoms with Crippen molar-refractivity contribution in [2.45, 2.75) is 63.7 Å². The first-order valence-electron chi connectivity index (χ1n) is 11.1. The van der Waals surface area contributed by atoms with Crippen molar-refractivity contribution in [3.8, 4) is 0 Å². The number of nitrogens with zero attached hydrogens (tertiary/aromatic N) is 2. The molecular formula is C24H34N2O4S2. The van der Waals surface area contributed by atoms with E-state index in [1.807, 2.05) is 45.9 Å². The van der Waals surface area contributed by atoms with Crippen LogP contribution in [0.1, 0.15) is 54.0 Å². The van der Waals surface area contributed by atoms with Crippen molar-refractivity contribution in [3.63, 3.8) is 0 Å². The summed E-state index contributed by atoms with van der Waals surface area (Å²) in [5.74, 6) is 0.373. The summed E-state index contributed by atoms with van der Waals surface area (Å²) in [6, 6.07) is 9.05. The van der Waals surface area contributed by atoms with E-state index in [9.17, 15) is 16.8 Å². The summed E-state index contributed by atoms with van der Waals surface area (Å²) < 4.78 is 55.9. The fourth-order valence-electron chi connectivity index (χ4n) is 4.20. The van der Waals surface area contributed by atoms with Crippen molar-refractivity contribution < 1.29 is 16.8 Å². The van der Waals surface area contributed by atoms with Crippen molar-refractivity contribution in [1.29, 1.82) is 0 Å². The molecule has 1 atom stereocenters. The first kappa shape index (κ1) is 24.9. The van der Waals surface area contributed by atoms with Crippen LogP contribution in [0, 0.1) is 27.7 Å². The first-order chi connectivity index (χ1) is 14.9. The lowest BCUT2D eigenvalue weighted by Gasteiger charge is -2.34. The third-order valence-corrected chi connectivity index (χ3v) is 10.9. The summed E-state index contributed by atoms with van der Waals surface area (Å²) in [5, 5.41) is 0. The van der Waals surface area contributed by atoms with E-state index in [1.54, 1.807) is 12.1 Å². The zero-order valence-electron chi connectivity index (χ0n) is 19.8. The van der Waals surface area contributed by atoms with E-state index in [0.717, 1.165) is 34.2 Å². The predicted octanol–water partition coefficient (Wildman–Crippen LogP) is 4.13. The molecule has 6 nitrogen and oxygen atoms in total. The number of piperazine rings is 1. The maximum Gasteiger partial charge on any atom is 0.243 e. The van der Waals surface area contributed by atoms with Crippen LogP contribution in [0.4, 0.5) is 0 Å². The lowest BCUT2D eigenvalue weighted by atomic mass is 9.99. The average molecular weight is 479 g/mol. The van der Waals surface area contributed by atoms with Crippen molar-refractivity contribution in [1.82, 2.24) is 8.61 Å². The average Bonchev–Trinajstić information content (AvgIpc) is 2.77. The van der Waals surface area contributed by atoms with Crippen LogP contribution in [0.15, 0.2) is 40.1 Å². The number of hydrogen-bond acceptors (Lipinski definition) is 4. The summed E-state index contributed by atoms with van der Waals surface area (Å²) in [5.41, 5.74) is 4.50. The van der Waals surface area contributed by atoms with E-state index in [4.69, 9.17) is 0 Å². The molecule has 1 unspecified atom stereocenters. The van der Waals surface area contributed by atoms with E-state index in [0.29, 0.717) is 10.8 Å². The molecule has 2 aromatic carbocycles. The van der Waals surface area contributed by atoms with Crippen molar-refractivity contribution in [2.24, 2.45) is 0 Å². The topological polar surface area (TPSA) is 74.8 Å². The third kappa shape index (κ3) is 4.51. The van der Waals surface area contributed by atoms with E-state index in [2.05, 4.69) is 13.8 Å². The lowest BCUT2D eigenvalue weighted by molar-refractivity contribution is 0.272. The van der Waals surface area contributed by atoms with Gasteiger partial charge in [0, 0.05) is 26.2 Å². The van der Waals surface area contributed by atoms with Gasteiger partial charge in [0.2, 0.25) is 20.0 Å². The molecule has 1 aliphatic rings. The SMILES string of the molecule is CCC(C)c1ccc(S(=O)(=O)N2CCN(S(=O)(=O)c3c(C)c(C)cc(C)c3C)CC2)cc1. The zero-order valence-corrected chi connectivity index (χ0v) is 21.5. The van der Waals surface area contributed by atoms with E-state index >= 15 is 0 Å². The van der Waals surface area contributed by atoms with Crippen LogP contribution in [-0.4, -0.2) is 51.6 Å². The van der Waals surface area contributed by atoms with Crippen molar-refractivity contribution in [3.05, 3.63) is 58.1 Å². The van der Waals surface area contributed by atoms with E-state index < -0.39 is 20.0 Å². The second-order valence-corrected chi connectivity index (χ2v) is 12.6. The molecule has 0 aromatic heterocycles. The van der Waals surface area contributed by atoms with E-state index in [-0.39, 0.29) is 31.1 Å². The highest BCUT2D eigenvalue weighted by molar-refractivity contribution is 7.89. The van der Waals surface area contributed by atoms with Crippen LogP contribution in [0.25, 0.3) is 0 Å². The zero-order chi connectivity index (χ0) is 23.8. The Morgan fingerprint density at radius 3 is 1.66 bits per heavy atom. The molecule has 176 valence electrons. The molecule has 0 spiro atoms. The Morgan fingerprint density at radius 2 is 1.22 bits per heavy atom. The normalized spacial score (nSPS) is 17.4. The Bertz CT molecular complexity index is 1170. The molecule has 0 radical (unpaired) electrons. The van der Waals surface area contributed by atoms with Gasteiger partial charge in [-0.05, 0) is 80.0 Å². The third-order valence-electron chi connectivity index (χ3n) is 6.79. The smallest absolute Gasteiger partial charge is 0.207 e. The molecular weight excluding hydrogens is 444 g/mol. The van der Waals surface area contributed by atoms with Gasteiger partial charge in [-0.2, -0.15) is 8.61 Å². The summed E-state index contributed by atoms with van der Waals surface area (Å²) in [6.45, 7) is 12.3. The molecule has 32 heavy (non-hydrogen) atoms. The van der Waals surface area contributed by atoms with Gasteiger partial charge in [-0.15, -0.1) is 0 Å². The standard InChI is InChI=1S/C24H34N2O4S2/c1-7-17(2)22-8-10-23(11-9-22)31(27,28)25-12-14-26(15-13-25)32(29,30)24-20(5)18(3)16-19(4)21(24)6/h8-11,16-17H,7,12-15H2,1-6H3. The van der Waals surface area contributed by atoms with Crippen LogP contribution in [-0.2, 0) is 20.0 Å². The second kappa shape index (κ2) is 9.25. The molecule has 0 amide bonds. The van der Waals surface area contributed by atoms with Gasteiger partial charge >= 0.3 is 0 Å². The van der Waals surface area contributed by atoms with Crippen LogP contribution in [0.3, 0.4) is 0 Å². The van der Waals surface area contributed by atoms with Crippen LogP contribution >= 0.6 is 0 Å². The molecule has 3 rings (SSSR count). The van der Waals surface area contributed by atoms with Crippen LogP contribution in [0.5, 0.6) is 0 Å². The molecule has 0 saturated carbocycles. The van der Waals surface area contributed by atoms with E-state index in [1.165, 1.54) is 8.61 Å². The summed E-state index contributed by atoms with van der Waals surface area (Å²) >= 11 is 0. The van der Waals surface area contributed by atoms with Crippen LogP contribution in [0.2, 0.25) is 0 Å². The largest absolute Gasteiger partial charge is 0.243 e. The fourth-order valence-corrected chi connectivity index (χ4v) is 7.62. The van der Waals surface area contributed by atoms with Gasteiger partial charge in [0.25, 0.3) is 0 Å². The first-order valence-corrected chi connectivity index (χ1v) is 14.0. The molecule has 0 bridgehead atoms. The number of benzene rings is 2. The second-order valence-electron chi connectivity index (χ2n) is 8.78. The molecule has 2 aromatic rings. The minimum atomic E-state index is -3.71. The number of hydrogen-bond donors (Lipinski definition) is 0. The lowest BCUT2D eigenvalue weighted by Crippen LogP contribution is -2.50. The monoisotopic (exact) mass is 478 g/mol. The molecule has 0 N–H and O–H groups in total. The maximum absolute atomic E-state index is 13.4. The quantitative estimate of drug-likeness (QED) is 0.626. The minimum absolute atomic E-state index is 0.136. The Kier molecular flexibility index (Phi) is 7.20. The Hall–Kier alpha value is -1.74. The highest BCUT2D eigenvalue weighted by atomic mass is 32.2. The highest BCUT2D eigenvalue weighted by Crippen LogP contribution is 2.30. The van der Waals surface area contributed by atoms with Gasteiger partial charge in [0.15, 0.2) is 0 Å². The van der Waals surface area contributed by atoms with Gasteiger partial charge < -0.3 is 0 Å². The Morgan fingerprint density at radius 1 is 0.781 bits per heavy atom. The number of rotatable bonds is 6. The van der Waals surface area contributed by atoms with Gasteiger partial charge in [0.05, 0.1) is 9.79 Å². The molecule has 8 heteroatoms. The highest BCUT2D eigenvalue weighted by Gasteiger charge is 2.35. The summed E-state index contributed by atoms with van der Waals surface area (Å²) in [7, 11) is -7.37. The molecule has 1 fully saturated rings. The van der Waals surface area contributed by atoms with Gasteiger partial charge in [0.1, 0.15) is 0 Å². The fraction of sp³-hybridized carbons (Fsp3) is 0.500. The predicted molar refractivity (Wildman–Crippen MR) is 128 cm³/mol. The minimum Gasteiger partial charge on any atom is -0.207 e. The molecule has 0 aliphatic carbocycles. The van der Waals surface area contributed by atoms with Crippen LogP contribution < -0.4 is 0 Å². The maximum atomic E-state index is 13.4. The Balaban J connectivity index is 1.80.